The zero-order chi connectivity index (χ0) is 47.8. The van der Waals surface area contributed by atoms with E-state index in [4.69, 9.17) is 17.4 Å². The molecule has 0 atom stereocenters. The van der Waals surface area contributed by atoms with Crippen molar-refractivity contribution >= 4 is 32.8 Å². The smallest absolute Gasteiger partial charge is 0.269 e. The predicted octanol–water partition coefficient (Wildman–Crippen LogP) is 13.0. The normalized spacial score (nSPS) is 14.2. The second-order valence-corrected chi connectivity index (χ2v) is 17.9. The Labute approximate surface area is 389 Å². The van der Waals surface area contributed by atoms with Crippen LogP contribution in [0.4, 0.5) is 0 Å². The average Bonchev–Trinajstić information content (AvgIpc) is 3.84. The number of hydrogen-bond donors (Lipinski definition) is 0. The Morgan fingerprint density at radius 1 is 0.661 bits per heavy atom. The topological polar surface area (TPSA) is 48.8 Å². The molecule has 62 heavy (non-hydrogen) atoms. The SMILES string of the molecule is [2H]C([2H])(c1ccnc(-n2c3[c-]c(Oc4[c-]c(-n5[c-][n+](-c6cc(C([2H])([2H])C(C)(C)C)cc(C([2H])([2H])C(C)(C)C)c6)c6ccccc65)ncc4)ccc3c3cc(-c4ccccc4)ccc32)c1)C(C)C.[Pt]. The Hall–Kier alpha value is -5.84. The number of rotatable bonds is 10. The van der Waals surface area contributed by atoms with Gasteiger partial charge >= 0.3 is 0 Å². The monoisotopic (exact) mass is 1000 g/mol. The van der Waals surface area contributed by atoms with Crippen molar-refractivity contribution in [3.63, 3.8) is 0 Å². The van der Waals surface area contributed by atoms with E-state index in [1.54, 1.807) is 47.3 Å². The maximum atomic E-state index is 9.24. The molecule has 0 saturated carbocycles. The maximum Gasteiger partial charge on any atom is 0.269 e. The Morgan fingerprint density at radius 2 is 1.35 bits per heavy atom. The van der Waals surface area contributed by atoms with Gasteiger partial charge in [-0.25, -0.2) is 4.98 Å². The van der Waals surface area contributed by atoms with Crippen LogP contribution in [0.15, 0.2) is 134 Å². The molecule has 0 bridgehead atoms. The van der Waals surface area contributed by atoms with Crippen molar-refractivity contribution in [1.29, 1.82) is 0 Å². The Balaban J connectivity index is 0.00000625. The van der Waals surface area contributed by atoms with E-state index in [0.29, 0.717) is 51.0 Å². The Morgan fingerprint density at radius 3 is 2.08 bits per heavy atom. The molecule has 0 fully saturated rings. The molecule has 0 N–H and O–H groups in total. The van der Waals surface area contributed by atoms with Crippen LogP contribution in [0.5, 0.6) is 11.5 Å². The number of para-hydroxylation sites is 2. The molecule has 5 aromatic carbocycles. The van der Waals surface area contributed by atoms with E-state index in [9.17, 15) is 5.48 Å². The van der Waals surface area contributed by atoms with Crippen molar-refractivity contribution in [1.82, 2.24) is 19.1 Å². The van der Waals surface area contributed by atoms with Gasteiger partial charge in [-0.05, 0) is 94.0 Å². The van der Waals surface area contributed by atoms with E-state index in [1.165, 1.54) is 0 Å². The van der Waals surface area contributed by atoms with Crippen LogP contribution < -0.4 is 9.30 Å². The molecule has 6 nitrogen and oxygen atoms in total. The summed E-state index contributed by atoms with van der Waals surface area (Å²) in [7, 11) is 0. The van der Waals surface area contributed by atoms with E-state index in [0.717, 1.165) is 38.4 Å². The number of benzene rings is 5. The largest absolute Gasteiger partial charge is 0.522 e. The molecule has 0 amide bonds. The van der Waals surface area contributed by atoms with E-state index < -0.39 is 29.9 Å². The number of nitrogens with zero attached hydrogens (tertiary/aromatic N) is 5. The van der Waals surface area contributed by atoms with Gasteiger partial charge in [0, 0.05) is 46.8 Å². The summed E-state index contributed by atoms with van der Waals surface area (Å²) in [5, 5.41) is 1.91. The van der Waals surface area contributed by atoms with Gasteiger partial charge in [0.2, 0.25) is 0 Å². The second kappa shape index (κ2) is 17.1. The summed E-state index contributed by atoms with van der Waals surface area (Å²) in [6.07, 6.45) is 1.57. The third kappa shape index (κ3) is 9.17. The van der Waals surface area contributed by atoms with Crippen molar-refractivity contribution in [2.75, 3.05) is 0 Å². The van der Waals surface area contributed by atoms with Crippen LogP contribution in [0.25, 0.3) is 61.3 Å². The van der Waals surface area contributed by atoms with Gasteiger partial charge in [-0.3, -0.25) is 14.1 Å². The molecule has 9 rings (SSSR count). The van der Waals surface area contributed by atoms with E-state index in [-0.39, 0.29) is 27.0 Å². The molecule has 0 unspecified atom stereocenters. The first-order valence-electron chi connectivity index (χ1n) is 23.8. The summed E-state index contributed by atoms with van der Waals surface area (Å²) in [5.41, 5.74) is 5.54. The van der Waals surface area contributed by atoms with Crippen LogP contribution in [0.3, 0.4) is 0 Å². The molecule has 0 aliphatic rings. The summed E-state index contributed by atoms with van der Waals surface area (Å²) < 4.78 is 66.9. The minimum Gasteiger partial charge on any atom is -0.522 e. The number of pyridine rings is 2. The third-order valence-corrected chi connectivity index (χ3v) is 10.1. The van der Waals surface area contributed by atoms with Crippen LogP contribution in [-0.2, 0) is 40.2 Å². The summed E-state index contributed by atoms with van der Waals surface area (Å²) in [6, 6.07) is 45.6. The first-order valence-corrected chi connectivity index (χ1v) is 20.8. The first-order chi connectivity index (χ1) is 31.6. The van der Waals surface area contributed by atoms with Crippen molar-refractivity contribution in [3.05, 3.63) is 169 Å². The molecule has 316 valence electrons. The fourth-order valence-electron chi connectivity index (χ4n) is 7.81. The van der Waals surface area contributed by atoms with Gasteiger partial charge in [0.15, 0.2) is 0 Å². The molecular weight excluding hydrogens is 942 g/mol. The molecule has 0 aliphatic heterocycles. The maximum absolute atomic E-state index is 9.24. The van der Waals surface area contributed by atoms with Crippen LogP contribution >= 0.6 is 0 Å². The van der Waals surface area contributed by atoms with E-state index in [2.05, 4.69) is 48.8 Å². The molecule has 0 spiro atoms. The number of hydrogen-bond acceptors (Lipinski definition) is 3. The number of aromatic nitrogens is 5. The Kier molecular flexibility index (Phi) is 9.87. The molecule has 4 aromatic heterocycles. The van der Waals surface area contributed by atoms with Crippen molar-refractivity contribution in [2.45, 2.75) is 74.5 Å². The Bertz CT molecular complexity index is 3290. The number of ether oxygens (including phenoxy) is 1. The molecular formula is C55H53N5OPt-2. The molecule has 9 aromatic rings. The van der Waals surface area contributed by atoms with Gasteiger partial charge in [-0.1, -0.05) is 151 Å². The van der Waals surface area contributed by atoms with Gasteiger partial charge < -0.3 is 9.30 Å². The second-order valence-electron chi connectivity index (χ2n) is 17.9. The van der Waals surface area contributed by atoms with E-state index in [1.807, 2.05) is 125 Å². The average molecular weight is 1000 g/mol. The predicted molar refractivity (Wildman–Crippen MR) is 248 cm³/mol. The summed E-state index contributed by atoms with van der Waals surface area (Å²) >= 11 is 0. The third-order valence-electron chi connectivity index (χ3n) is 10.1. The van der Waals surface area contributed by atoms with Gasteiger partial charge in [0.05, 0.1) is 22.5 Å². The van der Waals surface area contributed by atoms with Crippen LogP contribution in [0.2, 0.25) is 0 Å². The van der Waals surface area contributed by atoms with E-state index >= 15 is 0 Å². The van der Waals surface area contributed by atoms with Crippen LogP contribution in [-0.4, -0.2) is 19.1 Å². The van der Waals surface area contributed by atoms with Gasteiger partial charge in [0.25, 0.3) is 6.33 Å². The quantitative estimate of drug-likeness (QED) is 0.101. The number of imidazole rings is 1. The standard InChI is InChI=1S/C55H53N5O.Pt/c1-37(2)26-38-22-24-57-53(30-38)60-48-21-18-42(41-14-10-9-11-15-41)31-47(48)46-20-19-44(32-51(46)60)61-45-23-25-56-52(33-45)59-36-58(49-16-12-13-17-50(49)59)43-28-39(34-54(3,4)5)27-40(29-43)35-55(6,7)8;/h9-25,27-31,37H,26,34-35H2,1-8H3;/q-2;/i26D2,34D2,35D2;. The van der Waals surface area contributed by atoms with Crippen molar-refractivity contribution in [3.8, 4) is 39.9 Å². The molecule has 0 saturated heterocycles. The van der Waals surface area contributed by atoms with Gasteiger partial charge in [-0.15, -0.1) is 17.5 Å². The molecule has 0 aliphatic carbocycles. The number of fused-ring (bicyclic) bond motifs is 4. The zero-order valence-electron chi connectivity index (χ0n) is 42.2. The minimum absolute atomic E-state index is 0. The van der Waals surface area contributed by atoms with Crippen LogP contribution in [0, 0.1) is 35.2 Å². The van der Waals surface area contributed by atoms with Crippen molar-refractivity contribution < 1.29 is 38.6 Å². The van der Waals surface area contributed by atoms with Gasteiger partial charge in [-0.2, -0.15) is 18.2 Å². The fraction of sp³-hybridized carbons (Fsp3) is 0.255. The minimum atomic E-state index is -1.80. The zero-order valence-corrected chi connectivity index (χ0v) is 38.5. The fourth-order valence-corrected chi connectivity index (χ4v) is 7.81. The molecule has 7 heteroatoms. The first kappa shape index (κ1) is 35.7. The summed E-state index contributed by atoms with van der Waals surface area (Å²) in [5.74, 6) is 1.49. The molecule has 0 radical (unpaired) electrons. The van der Waals surface area contributed by atoms with Crippen LogP contribution in [0.1, 0.15) is 80.3 Å². The van der Waals surface area contributed by atoms with Crippen molar-refractivity contribution in [2.24, 2.45) is 16.7 Å². The summed E-state index contributed by atoms with van der Waals surface area (Å²) in [4.78, 5) is 9.48. The molecule has 4 heterocycles. The van der Waals surface area contributed by atoms with Gasteiger partial charge in [0.1, 0.15) is 5.82 Å². The summed E-state index contributed by atoms with van der Waals surface area (Å²) in [6.45, 7) is 14.8.